The van der Waals surface area contributed by atoms with Gasteiger partial charge in [0.25, 0.3) is 0 Å². The van der Waals surface area contributed by atoms with E-state index in [1.807, 2.05) is 23.1 Å². The zero-order valence-corrected chi connectivity index (χ0v) is 21.7. The first-order valence-electron chi connectivity index (χ1n) is 13.3. The molecule has 2 aliphatic rings. The van der Waals surface area contributed by atoms with Gasteiger partial charge in [0.1, 0.15) is 23.5 Å². The Balaban J connectivity index is 1.44. The highest BCUT2D eigenvalue weighted by Gasteiger charge is 2.23. The lowest BCUT2D eigenvalue weighted by Gasteiger charge is -2.33. The van der Waals surface area contributed by atoms with Crippen LogP contribution in [0, 0.1) is 28.9 Å². The second-order valence-electron chi connectivity index (χ2n) is 10.4. The molecule has 3 aromatic rings. The molecule has 38 heavy (non-hydrogen) atoms. The van der Waals surface area contributed by atoms with Crippen molar-refractivity contribution in [2.75, 3.05) is 37.0 Å². The fourth-order valence-corrected chi connectivity index (χ4v) is 5.59. The number of ether oxygens (including phenoxy) is 1. The summed E-state index contributed by atoms with van der Waals surface area (Å²) in [5.74, 6) is 0.214. The molecule has 0 bridgehead atoms. The van der Waals surface area contributed by atoms with Crippen LogP contribution in [-0.4, -0.2) is 48.7 Å². The molecule has 0 spiro atoms. The Morgan fingerprint density at radius 1 is 1.08 bits per heavy atom. The number of aromatic nitrogens is 2. The molecule has 1 aromatic heterocycles. The lowest BCUT2D eigenvalue weighted by molar-refractivity contribution is 0.0818. The molecule has 200 valence electrons. The number of rotatable bonds is 7. The van der Waals surface area contributed by atoms with Crippen molar-refractivity contribution in [3.8, 4) is 23.0 Å². The number of benzene rings is 2. The van der Waals surface area contributed by atoms with Gasteiger partial charge in [-0.2, -0.15) is 10.4 Å². The van der Waals surface area contributed by atoms with Crippen molar-refractivity contribution in [1.82, 2.24) is 9.78 Å². The maximum atomic E-state index is 15.4. The number of piperidine rings is 1. The minimum absolute atomic E-state index is 0.0210. The first-order chi connectivity index (χ1) is 18.4. The molecule has 2 fully saturated rings. The van der Waals surface area contributed by atoms with Gasteiger partial charge in [-0.1, -0.05) is 12.5 Å². The molecule has 5 rings (SSSR count). The number of halogens is 2. The number of nitrogens with two attached hydrogens (primary N) is 1. The van der Waals surface area contributed by atoms with E-state index in [2.05, 4.69) is 5.32 Å². The third kappa shape index (κ3) is 5.66. The van der Waals surface area contributed by atoms with Crippen LogP contribution in [0.2, 0.25) is 0 Å². The summed E-state index contributed by atoms with van der Waals surface area (Å²) in [4.78, 5) is 2.05. The smallest absolute Gasteiger partial charge is 0.148 e. The van der Waals surface area contributed by atoms with E-state index in [1.165, 1.54) is 18.2 Å². The first-order valence-corrected chi connectivity index (χ1v) is 13.3. The second-order valence-corrected chi connectivity index (χ2v) is 10.4. The molecule has 0 amide bonds. The number of hydrogen-bond acceptors (Lipinski definition) is 6. The SMILES string of the molecule is COC1CCN(c2ccc(-n3nc(-c4ccc(C#N)c(F)c4)cc3NC[C@H]3CCC[C@H](N)C3)cc2F)CC1. The van der Waals surface area contributed by atoms with E-state index in [1.54, 1.807) is 23.9 Å². The molecular formula is C29H34F2N6O. The molecule has 2 aromatic carbocycles. The molecule has 1 saturated carbocycles. The number of hydrogen-bond donors (Lipinski definition) is 2. The normalized spacial score (nSPS) is 20.3. The maximum Gasteiger partial charge on any atom is 0.148 e. The summed E-state index contributed by atoms with van der Waals surface area (Å²) in [7, 11) is 1.72. The largest absolute Gasteiger partial charge is 0.381 e. The highest BCUT2D eigenvalue weighted by Crippen LogP contribution is 2.31. The second kappa shape index (κ2) is 11.5. The van der Waals surface area contributed by atoms with E-state index >= 15 is 4.39 Å². The van der Waals surface area contributed by atoms with Crippen LogP contribution in [-0.2, 0) is 4.74 Å². The van der Waals surface area contributed by atoms with Crippen molar-refractivity contribution in [1.29, 1.82) is 5.26 Å². The Labute approximate surface area is 222 Å². The molecule has 7 nitrogen and oxygen atoms in total. The fourth-order valence-electron chi connectivity index (χ4n) is 5.59. The summed E-state index contributed by atoms with van der Waals surface area (Å²) >= 11 is 0. The third-order valence-corrected chi connectivity index (χ3v) is 7.78. The van der Waals surface area contributed by atoms with Crippen LogP contribution >= 0.6 is 0 Å². The Bertz CT molecular complexity index is 1310. The summed E-state index contributed by atoms with van der Waals surface area (Å²) < 4.78 is 36.9. The fraction of sp³-hybridized carbons (Fsp3) is 0.448. The molecule has 2 atom stereocenters. The van der Waals surface area contributed by atoms with Gasteiger partial charge in [-0.15, -0.1) is 0 Å². The Kier molecular flexibility index (Phi) is 7.91. The zero-order valence-electron chi connectivity index (χ0n) is 21.7. The van der Waals surface area contributed by atoms with E-state index in [9.17, 15) is 4.39 Å². The lowest BCUT2D eigenvalue weighted by Crippen LogP contribution is -2.37. The topological polar surface area (TPSA) is 92.1 Å². The van der Waals surface area contributed by atoms with Crippen LogP contribution in [0.3, 0.4) is 0 Å². The Morgan fingerprint density at radius 2 is 1.89 bits per heavy atom. The van der Waals surface area contributed by atoms with Gasteiger partial charge in [-0.3, -0.25) is 0 Å². The summed E-state index contributed by atoms with van der Waals surface area (Å²) in [5, 5.41) is 17.3. The quantitative estimate of drug-likeness (QED) is 0.443. The predicted molar refractivity (Wildman–Crippen MR) is 144 cm³/mol. The van der Waals surface area contributed by atoms with Crippen molar-refractivity contribution in [3.63, 3.8) is 0 Å². The van der Waals surface area contributed by atoms with Crippen molar-refractivity contribution in [3.05, 3.63) is 59.7 Å². The van der Waals surface area contributed by atoms with E-state index < -0.39 is 5.82 Å². The summed E-state index contributed by atoms with van der Waals surface area (Å²) in [6.07, 6.45) is 6.16. The van der Waals surface area contributed by atoms with E-state index in [-0.39, 0.29) is 23.5 Å². The monoisotopic (exact) mass is 520 g/mol. The van der Waals surface area contributed by atoms with Crippen LogP contribution in [0.1, 0.15) is 44.1 Å². The van der Waals surface area contributed by atoms with Gasteiger partial charge in [0, 0.05) is 50.5 Å². The molecule has 1 aliphatic heterocycles. The van der Waals surface area contributed by atoms with Gasteiger partial charge in [0.2, 0.25) is 0 Å². The Hall–Kier alpha value is -3.48. The van der Waals surface area contributed by atoms with Crippen LogP contribution in [0.5, 0.6) is 0 Å². The number of nitrogens with zero attached hydrogens (tertiary/aromatic N) is 4. The summed E-state index contributed by atoms with van der Waals surface area (Å²) in [6, 6.07) is 13.5. The van der Waals surface area contributed by atoms with Crippen LogP contribution < -0.4 is 16.0 Å². The van der Waals surface area contributed by atoms with Crippen molar-refractivity contribution < 1.29 is 13.5 Å². The van der Waals surface area contributed by atoms with Gasteiger partial charge in [0.05, 0.1) is 28.7 Å². The average Bonchev–Trinajstić information content (AvgIpc) is 3.36. The van der Waals surface area contributed by atoms with E-state index in [0.717, 1.165) is 58.2 Å². The number of nitrogens with one attached hydrogen (secondary N) is 1. The predicted octanol–water partition coefficient (Wildman–Crippen LogP) is 5.23. The van der Waals surface area contributed by atoms with Gasteiger partial charge < -0.3 is 20.7 Å². The highest BCUT2D eigenvalue weighted by molar-refractivity contribution is 5.66. The number of methoxy groups -OCH3 is 1. The standard InChI is InChI=1S/C29H34F2N6O/c1-38-24-9-11-36(12-10-24)28-8-7-23(15-26(28)31)37-29(34-18-19-3-2-4-22(33)13-19)16-27(35-37)20-5-6-21(17-32)25(30)14-20/h5-8,14-16,19,22,24,34H,2-4,9-13,18,33H2,1H3/t19-,22-/m0/s1. The first kappa shape index (κ1) is 26.1. The Morgan fingerprint density at radius 3 is 2.58 bits per heavy atom. The van der Waals surface area contributed by atoms with Gasteiger partial charge >= 0.3 is 0 Å². The van der Waals surface area contributed by atoms with Crippen molar-refractivity contribution in [2.24, 2.45) is 11.7 Å². The van der Waals surface area contributed by atoms with Crippen molar-refractivity contribution in [2.45, 2.75) is 50.7 Å². The molecule has 0 radical (unpaired) electrons. The summed E-state index contributed by atoms with van der Waals surface area (Å²) in [6.45, 7) is 2.19. The molecule has 2 heterocycles. The minimum Gasteiger partial charge on any atom is -0.381 e. The molecule has 9 heteroatoms. The van der Waals surface area contributed by atoms with E-state index in [4.69, 9.17) is 20.8 Å². The van der Waals surface area contributed by atoms with E-state index in [0.29, 0.717) is 34.4 Å². The van der Waals surface area contributed by atoms with Crippen LogP contribution in [0.15, 0.2) is 42.5 Å². The zero-order chi connectivity index (χ0) is 26.6. The van der Waals surface area contributed by atoms with Gasteiger partial charge in [-0.05, 0) is 62.3 Å². The van der Waals surface area contributed by atoms with Crippen LogP contribution in [0.4, 0.5) is 20.3 Å². The van der Waals surface area contributed by atoms with Crippen LogP contribution in [0.25, 0.3) is 16.9 Å². The number of nitriles is 1. The van der Waals surface area contributed by atoms with Crippen molar-refractivity contribution >= 4 is 11.5 Å². The molecule has 1 aliphatic carbocycles. The third-order valence-electron chi connectivity index (χ3n) is 7.78. The van der Waals surface area contributed by atoms with Gasteiger partial charge in [-0.25, -0.2) is 13.5 Å². The number of anilines is 2. The lowest BCUT2D eigenvalue weighted by atomic mass is 9.86. The average molecular weight is 521 g/mol. The maximum absolute atomic E-state index is 15.4. The molecular weight excluding hydrogens is 486 g/mol. The highest BCUT2D eigenvalue weighted by atomic mass is 19.1. The minimum atomic E-state index is -0.599. The molecule has 1 saturated heterocycles. The molecule has 0 unspecified atom stereocenters. The molecule has 3 N–H and O–H groups in total. The summed E-state index contributed by atoms with van der Waals surface area (Å²) in [5.41, 5.74) is 8.37. The van der Waals surface area contributed by atoms with Gasteiger partial charge in [0.15, 0.2) is 0 Å².